The molecular formula is C13H19ClN2O3. The molecule has 0 aliphatic carbocycles. The average Bonchev–Trinajstić information content (AvgIpc) is 2.43. The van der Waals surface area contributed by atoms with Crippen molar-refractivity contribution in [2.75, 3.05) is 19.8 Å². The van der Waals surface area contributed by atoms with Gasteiger partial charge in [0, 0.05) is 19.3 Å². The zero-order chi connectivity index (χ0) is 13.5. The Morgan fingerprint density at radius 2 is 2.32 bits per heavy atom. The highest BCUT2D eigenvalue weighted by Crippen LogP contribution is 2.17. The third kappa shape index (κ3) is 4.93. The lowest BCUT2D eigenvalue weighted by Crippen LogP contribution is -2.26. The molecule has 0 N–H and O–H groups in total. The maximum absolute atomic E-state index is 5.93. The zero-order valence-electron chi connectivity index (χ0n) is 11.1. The summed E-state index contributed by atoms with van der Waals surface area (Å²) in [4.78, 5) is 8.34. The van der Waals surface area contributed by atoms with Crippen molar-refractivity contribution in [3.05, 3.63) is 17.0 Å². The number of aromatic nitrogens is 2. The van der Waals surface area contributed by atoms with E-state index in [9.17, 15) is 0 Å². The molecule has 0 spiro atoms. The quantitative estimate of drug-likeness (QED) is 0.753. The molecule has 0 radical (unpaired) electrons. The molecule has 0 amide bonds. The van der Waals surface area contributed by atoms with Crippen LogP contribution in [-0.2, 0) is 16.1 Å². The van der Waals surface area contributed by atoms with Crippen molar-refractivity contribution < 1.29 is 14.2 Å². The van der Waals surface area contributed by atoms with Crippen LogP contribution in [0.5, 0.6) is 5.88 Å². The van der Waals surface area contributed by atoms with Gasteiger partial charge in [0.2, 0.25) is 5.88 Å². The van der Waals surface area contributed by atoms with Crippen LogP contribution < -0.4 is 4.74 Å². The van der Waals surface area contributed by atoms with E-state index in [0.29, 0.717) is 36.7 Å². The number of rotatable bonds is 6. The Labute approximate surface area is 118 Å². The first kappa shape index (κ1) is 14.5. The zero-order valence-corrected chi connectivity index (χ0v) is 11.9. The third-order valence-corrected chi connectivity index (χ3v) is 3.04. The van der Waals surface area contributed by atoms with E-state index in [1.165, 1.54) is 6.42 Å². The van der Waals surface area contributed by atoms with Gasteiger partial charge < -0.3 is 14.2 Å². The van der Waals surface area contributed by atoms with Crippen molar-refractivity contribution in [1.29, 1.82) is 0 Å². The van der Waals surface area contributed by atoms with Gasteiger partial charge >= 0.3 is 0 Å². The molecule has 1 aromatic heterocycles. The third-order valence-electron chi connectivity index (χ3n) is 2.84. The Hall–Kier alpha value is -0.910. The minimum Gasteiger partial charge on any atom is -0.475 e. The molecule has 1 aromatic rings. The first-order valence-electron chi connectivity index (χ1n) is 6.63. The van der Waals surface area contributed by atoms with Crippen LogP contribution in [0.1, 0.15) is 32.0 Å². The Bertz CT molecular complexity index is 397. The molecule has 1 unspecified atom stereocenters. The highest BCUT2D eigenvalue weighted by molar-refractivity contribution is 6.29. The van der Waals surface area contributed by atoms with Crippen LogP contribution in [0.15, 0.2) is 6.07 Å². The van der Waals surface area contributed by atoms with E-state index in [4.69, 9.17) is 25.8 Å². The Morgan fingerprint density at radius 1 is 1.42 bits per heavy atom. The summed E-state index contributed by atoms with van der Waals surface area (Å²) in [5, 5.41) is 0.365. The second-order valence-electron chi connectivity index (χ2n) is 4.38. The molecule has 1 atom stereocenters. The molecular weight excluding hydrogens is 268 g/mol. The normalized spacial score (nSPS) is 19.4. The highest BCUT2D eigenvalue weighted by Gasteiger charge is 2.15. The Balaban J connectivity index is 1.89. The van der Waals surface area contributed by atoms with Crippen molar-refractivity contribution in [1.82, 2.24) is 9.97 Å². The van der Waals surface area contributed by atoms with Crippen LogP contribution in [0.2, 0.25) is 5.15 Å². The largest absolute Gasteiger partial charge is 0.475 e. The molecule has 1 aliphatic heterocycles. The summed E-state index contributed by atoms with van der Waals surface area (Å²) in [5.41, 5.74) is 0. The lowest BCUT2D eigenvalue weighted by Gasteiger charge is -2.22. The summed E-state index contributed by atoms with van der Waals surface area (Å²) in [6.07, 6.45) is 3.51. The molecule has 0 aromatic carbocycles. The van der Waals surface area contributed by atoms with Crippen LogP contribution in [0.4, 0.5) is 0 Å². The van der Waals surface area contributed by atoms with Crippen molar-refractivity contribution in [2.24, 2.45) is 0 Å². The van der Waals surface area contributed by atoms with E-state index in [0.717, 1.165) is 19.4 Å². The van der Waals surface area contributed by atoms with Gasteiger partial charge in [-0.2, -0.15) is 4.98 Å². The van der Waals surface area contributed by atoms with Gasteiger partial charge in [0.25, 0.3) is 0 Å². The molecule has 6 heteroatoms. The monoisotopic (exact) mass is 286 g/mol. The topological polar surface area (TPSA) is 53.5 Å². The molecule has 106 valence electrons. The molecule has 0 saturated carbocycles. The van der Waals surface area contributed by atoms with Crippen LogP contribution >= 0.6 is 11.6 Å². The molecule has 19 heavy (non-hydrogen) atoms. The first-order chi connectivity index (χ1) is 9.28. The molecule has 2 rings (SSSR count). The minimum absolute atomic E-state index is 0.151. The van der Waals surface area contributed by atoms with Crippen molar-refractivity contribution in [2.45, 2.75) is 38.9 Å². The van der Waals surface area contributed by atoms with Crippen molar-refractivity contribution in [3.63, 3.8) is 0 Å². The highest BCUT2D eigenvalue weighted by atomic mass is 35.5. The Kier molecular flexibility index (Phi) is 5.82. The second-order valence-corrected chi connectivity index (χ2v) is 4.77. The number of nitrogens with zero attached hydrogens (tertiary/aromatic N) is 2. The molecule has 2 heterocycles. The minimum atomic E-state index is 0.151. The van der Waals surface area contributed by atoms with E-state index in [-0.39, 0.29) is 6.10 Å². The fraction of sp³-hybridized carbons (Fsp3) is 0.692. The van der Waals surface area contributed by atoms with E-state index in [1.807, 2.05) is 6.92 Å². The summed E-state index contributed by atoms with van der Waals surface area (Å²) >= 11 is 5.93. The standard InChI is InChI=1S/C13H19ClN2O3/c1-2-17-9-12-15-11(14)7-13(16-12)19-8-10-5-3-4-6-18-10/h7,10H,2-6,8-9H2,1H3. The van der Waals surface area contributed by atoms with Gasteiger partial charge in [-0.1, -0.05) is 11.6 Å². The number of hydrogen-bond donors (Lipinski definition) is 0. The van der Waals surface area contributed by atoms with Crippen LogP contribution in [-0.4, -0.2) is 35.9 Å². The SMILES string of the molecule is CCOCc1nc(Cl)cc(OCC2CCCCO2)n1. The van der Waals surface area contributed by atoms with E-state index in [1.54, 1.807) is 6.07 Å². The van der Waals surface area contributed by atoms with Gasteiger partial charge in [0.1, 0.15) is 18.4 Å². The molecule has 1 fully saturated rings. The number of ether oxygens (including phenoxy) is 3. The van der Waals surface area contributed by atoms with E-state index >= 15 is 0 Å². The fourth-order valence-corrected chi connectivity index (χ4v) is 2.08. The summed E-state index contributed by atoms with van der Waals surface area (Å²) in [6.45, 7) is 4.19. The average molecular weight is 287 g/mol. The van der Waals surface area contributed by atoms with Gasteiger partial charge in [0.15, 0.2) is 5.82 Å². The van der Waals surface area contributed by atoms with Gasteiger partial charge in [-0.05, 0) is 26.2 Å². The fourth-order valence-electron chi connectivity index (χ4n) is 1.89. The van der Waals surface area contributed by atoms with Gasteiger partial charge in [-0.3, -0.25) is 0 Å². The maximum atomic E-state index is 5.93. The van der Waals surface area contributed by atoms with Crippen LogP contribution in [0.25, 0.3) is 0 Å². The molecule has 0 bridgehead atoms. The smallest absolute Gasteiger partial charge is 0.218 e. The molecule has 1 saturated heterocycles. The van der Waals surface area contributed by atoms with Gasteiger partial charge in [-0.25, -0.2) is 4.98 Å². The van der Waals surface area contributed by atoms with Gasteiger partial charge in [-0.15, -0.1) is 0 Å². The Morgan fingerprint density at radius 3 is 3.05 bits per heavy atom. The summed E-state index contributed by atoms with van der Waals surface area (Å²) in [7, 11) is 0. The van der Waals surface area contributed by atoms with Crippen LogP contribution in [0, 0.1) is 0 Å². The second kappa shape index (κ2) is 7.62. The van der Waals surface area contributed by atoms with E-state index < -0.39 is 0 Å². The maximum Gasteiger partial charge on any atom is 0.218 e. The summed E-state index contributed by atoms with van der Waals surface area (Å²) in [5.74, 6) is 1.01. The lowest BCUT2D eigenvalue weighted by molar-refractivity contribution is -0.0120. The predicted octanol–water partition coefficient (Wildman–Crippen LogP) is 2.61. The first-order valence-corrected chi connectivity index (χ1v) is 7.01. The summed E-state index contributed by atoms with van der Waals surface area (Å²) < 4.78 is 16.5. The van der Waals surface area contributed by atoms with Crippen molar-refractivity contribution in [3.8, 4) is 5.88 Å². The van der Waals surface area contributed by atoms with E-state index in [2.05, 4.69) is 9.97 Å². The van der Waals surface area contributed by atoms with Crippen molar-refractivity contribution >= 4 is 11.6 Å². The lowest BCUT2D eigenvalue weighted by atomic mass is 10.1. The molecule has 5 nitrogen and oxygen atoms in total. The number of halogens is 1. The van der Waals surface area contributed by atoms with Gasteiger partial charge in [0.05, 0.1) is 6.10 Å². The summed E-state index contributed by atoms with van der Waals surface area (Å²) in [6, 6.07) is 1.61. The molecule has 1 aliphatic rings. The number of hydrogen-bond acceptors (Lipinski definition) is 5. The van der Waals surface area contributed by atoms with Crippen LogP contribution in [0.3, 0.4) is 0 Å². The predicted molar refractivity (Wildman–Crippen MR) is 71.5 cm³/mol.